The van der Waals surface area contributed by atoms with Gasteiger partial charge in [-0.3, -0.25) is 4.68 Å². The molecular formula is C14H18ClN3. The van der Waals surface area contributed by atoms with Gasteiger partial charge in [0, 0.05) is 23.8 Å². The summed E-state index contributed by atoms with van der Waals surface area (Å²) in [6, 6.07) is 6.34. The monoisotopic (exact) mass is 263 g/mol. The maximum atomic E-state index is 5.94. The van der Waals surface area contributed by atoms with E-state index in [0.29, 0.717) is 6.04 Å². The molecule has 2 aromatic rings. The van der Waals surface area contributed by atoms with Gasteiger partial charge in [-0.2, -0.15) is 5.10 Å². The van der Waals surface area contributed by atoms with Gasteiger partial charge in [-0.25, -0.2) is 0 Å². The molecule has 0 aliphatic rings. The summed E-state index contributed by atoms with van der Waals surface area (Å²) in [6.07, 6.45) is 3.88. The van der Waals surface area contributed by atoms with Gasteiger partial charge < -0.3 is 5.32 Å². The molecule has 1 N–H and O–H groups in total. The second-order valence-corrected chi connectivity index (χ2v) is 5.16. The van der Waals surface area contributed by atoms with Crippen LogP contribution < -0.4 is 5.32 Å². The molecule has 0 radical (unpaired) electrons. The molecule has 1 heterocycles. The Morgan fingerprint density at radius 1 is 1.39 bits per heavy atom. The number of anilines is 1. The Bertz CT molecular complexity index is 532. The van der Waals surface area contributed by atoms with Gasteiger partial charge in [0.25, 0.3) is 0 Å². The summed E-state index contributed by atoms with van der Waals surface area (Å²) in [7, 11) is 0. The minimum Gasteiger partial charge on any atom is -0.378 e. The number of hydrogen-bond donors (Lipinski definition) is 1. The van der Waals surface area contributed by atoms with E-state index >= 15 is 0 Å². The molecule has 96 valence electrons. The van der Waals surface area contributed by atoms with Crippen molar-refractivity contribution in [2.45, 2.75) is 33.4 Å². The van der Waals surface area contributed by atoms with Crippen molar-refractivity contribution in [1.82, 2.24) is 9.78 Å². The number of rotatable bonds is 4. The smallest absolute Gasteiger partial charge is 0.0729 e. The van der Waals surface area contributed by atoms with E-state index in [0.717, 1.165) is 17.3 Å². The number of halogens is 1. The molecule has 0 saturated heterocycles. The Morgan fingerprint density at radius 2 is 2.17 bits per heavy atom. The van der Waals surface area contributed by atoms with Gasteiger partial charge in [0.1, 0.15) is 0 Å². The first-order valence-corrected chi connectivity index (χ1v) is 6.47. The van der Waals surface area contributed by atoms with E-state index in [1.54, 1.807) is 0 Å². The van der Waals surface area contributed by atoms with Gasteiger partial charge >= 0.3 is 0 Å². The van der Waals surface area contributed by atoms with Gasteiger partial charge in [0.05, 0.1) is 11.9 Å². The fraction of sp³-hybridized carbons (Fsp3) is 0.357. The average Bonchev–Trinajstić information content (AvgIpc) is 2.76. The lowest BCUT2D eigenvalue weighted by atomic mass is 10.1. The van der Waals surface area contributed by atoms with E-state index in [-0.39, 0.29) is 0 Å². The SMILES string of the molecule is Cc1cc(Cl)ccc1CNc1cnn(C(C)C)c1. The van der Waals surface area contributed by atoms with Crippen molar-refractivity contribution in [3.63, 3.8) is 0 Å². The standard InChI is InChI=1S/C14H18ClN3/c1-10(2)18-9-14(8-17-18)16-7-12-4-5-13(15)6-11(12)3/h4-6,8-10,16H,7H2,1-3H3. The normalized spacial score (nSPS) is 10.9. The fourth-order valence-corrected chi connectivity index (χ4v) is 1.99. The van der Waals surface area contributed by atoms with Crippen LogP contribution in [-0.4, -0.2) is 9.78 Å². The number of nitrogens with one attached hydrogen (secondary N) is 1. The molecule has 0 fully saturated rings. The molecule has 0 atom stereocenters. The third-order valence-corrected chi connectivity index (χ3v) is 3.15. The Balaban J connectivity index is 2.02. The predicted octanol–water partition coefficient (Wildman–Crippen LogP) is 4.04. The largest absolute Gasteiger partial charge is 0.378 e. The zero-order valence-electron chi connectivity index (χ0n) is 10.9. The molecule has 0 saturated carbocycles. The van der Waals surface area contributed by atoms with Crippen LogP contribution in [0.15, 0.2) is 30.6 Å². The van der Waals surface area contributed by atoms with Crippen LogP contribution in [0.5, 0.6) is 0 Å². The number of aryl methyl sites for hydroxylation is 1. The van der Waals surface area contributed by atoms with Crippen LogP contribution in [0.4, 0.5) is 5.69 Å². The number of nitrogens with zero attached hydrogens (tertiary/aromatic N) is 2. The van der Waals surface area contributed by atoms with Crippen molar-refractivity contribution in [2.24, 2.45) is 0 Å². The van der Waals surface area contributed by atoms with Gasteiger partial charge in [0.2, 0.25) is 0 Å². The summed E-state index contributed by atoms with van der Waals surface area (Å²) in [5, 5.41) is 8.45. The van der Waals surface area contributed by atoms with Crippen molar-refractivity contribution >= 4 is 17.3 Å². The molecule has 4 heteroatoms. The van der Waals surface area contributed by atoms with Crippen LogP contribution in [0, 0.1) is 6.92 Å². The summed E-state index contributed by atoms with van der Waals surface area (Å²) in [5.74, 6) is 0. The molecule has 0 amide bonds. The third kappa shape index (κ3) is 3.05. The number of benzene rings is 1. The summed E-state index contributed by atoms with van der Waals surface area (Å²) in [5.41, 5.74) is 3.49. The number of aromatic nitrogens is 2. The van der Waals surface area contributed by atoms with E-state index in [9.17, 15) is 0 Å². The molecule has 18 heavy (non-hydrogen) atoms. The first-order chi connectivity index (χ1) is 8.56. The topological polar surface area (TPSA) is 29.9 Å². The van der Waals surface area contributed by atoms with Crippen LogP contribution >= 0.6 is 11.6 Å². The molecule has 3 nitrogen and oxygen atoms in total. The average molecular weight is 264 g/mol. The minimum atomic E-state index is 0.387. The first-order valence-electron chi connectivity index (χ1n) is 6.09. The molecule has 1 aromatic carbocycles. The highest BCUT2D eigenvalue weighted by atomic mass is 35.5. The Kier molecular flexibility index (Phi) is 3.92. The molecule has 1 aromatic heterocycles. The summed E-state index contributed by atoms with van der Waals surface area (Å²) in [4.78, 5) is 0. The molecule has 0 aliphatic carbocycles. The maximum absolute atomic E-state index is 5.94. The molecule has 0 spiro atoms. The van der Waals surface area contributed by atoms with E-state index in [1.165, 1.54) is 11.1 Å². The van der Waals surface area contributed by atoms with Crippen molar-refractivity contribution < 1.29 is 0 Å². The highest BCUT2D eigenvalue weighted by Gasteiger charge is 2.03. The van der Waals surface area contributed by atoms with E-state index in [1.807, 2.05) is 29.2 Å². The van der Waals surface area contributed by atoms with E-state index in [4.69, 9.17) is 11.6 Å². The van der Waals surface area contributed by atoms with Crippen molar-refractivity contribution in [1.29, 1.82) is 0 Å². The molecule has 0 aliphatic heterocycles. The van der Waals surface area contributed by atoms with E-state index in [2.05, 4.69) is 37.3 Å². The Hall–Kier alpha value is -1.48. The third-order valence-electron chi connectivity index (χ3n) is 2.92. The van der Waals surface area contributed by atoms with Gasteiger partial charge in [0.15, 0.2) is 0 Å². The zero-order chi connectivity index (χ0) is 13.1. The van der Waals surface area contributed by atoms with Gasteiger partial charge in [-0.05, 0) is 44.0 Å². The van der Waals surface area contributed by atoms with Crippen molar-refractivity contribution in [2.75, 3.05) is 5.32 Å². The van der Waals surface area contributed by atoms with Crippen LogP contribution in [0.25, 0.3) is 0 Å². The second-order valence-electron chi connectivity index (χ2n) is 4.73. The van der Waals surface area contributed by atoms with Gasteiger partial charge in [-0.1, -0.05) is 17.7 Å². The number of hydrogen-bond acceptors (Lipinski definition) is 2. The van der Waals surface area contributed by atoms with E-state index < -0.39 is 0 Å². The van der Waals surface area contributed by atoms with Crippen LogP contribution in [-0.2, 0) is 6.54 Å². The highest BCUT2D eigenvalue weighted by molar-refractivity contribution is 6.30. The minimum absolute atomic E-state index is 0.387. The summed E-state index contributed by atoms with van der Waals surface area (Å²) in [6.45, 7) is 7.08. The van der Waals surface area contributed by atoms with Crippen LogP contribution in [0.3, 0.4) is 0 Å². The lowest BCUT2D eigenvalue weighted by Gasteiger charge is -2.08. The lowest BCUT2D eigenvalue weighted by Crippen LogP contribution is -2.02. The van der Waals surface area contributed by atoms with Crippen molar-refractivity contribution in [3.05, 3.63) is 46.7 Å². The second kappa shape index (κ2) is 5.44. The molecular weight excluding hydrogens is 246 g/mol. The van der Waals surface area contributed by atoms with Crippen LogP contribution in [0.2, 0.25) is 5.02 Å². The molecule has 2 rings (SSSR count). The summed E-state index contributed by atoms with van der Waals surface area (Å²) < 4.78 is 1.94. The fourth-order valence-electron chi connectivity index (χ4n) is 1.77. The Labute approximate surface area is 113 Å². The first kappa shape index (κ1) is 13.0. The van der Waals surface area contributed by atoms with Crippen molar-refractivity contribution in [3.8, 4) is 0 Å². The van der Waals surface area contributed by atoms with Gasteiger partial charge in [-0.15, -0.1) is 0 Å². The van der Waals surface area contributed by atoms with Crippen LogP contribution in [0.1, 0.15) is 31.0 Å². The Morgan fingerprint density at radius 3 is 2.78 bits per heavy atom. The summed E-state index contributed by atoms with van der Waals surface area (Å²) >= 11 is 5.94. The predicted molar refractivity (Wildman–Crippen MR) is 76.1 cm³/mol. The molecule has 0 unspecified atom stereocenters. The quantitative estimate of drug-likeness (QED) is 0.902. The maximum Gasteiger partial charge on any atom is 0.0729 e. The zero-order valence-corrected chi connectivity index (χ0v) is 11.7. The lowest BCUT2D eigenvalue weighted by molar-refractivity contribution is 0.532. The highest BCUT2D eigenvalue weighted by Crippen LogP contribution is 2.17. The molecule has 0 bridgehead atoms.